The first-order chi connectivity index (χ1) is 10.1. The van der Waals surface area contributed by atoms with Gasteiger partial charge in [-0.2, -0.15) is 0 Å². The molecule has 0 aromatic heterocycles. The van der Waals surface area contributed by atoms with Gasteiger partial charge in [0.25, 0.3) is 0 Å². The van der Waals surface area contributed by atoms with Crippen molar-refractivity contribution in [3.05, 3.63) is 65.0 Å². The minimum Gasteiger partial charge on any atom is -0.494 e. The average Bonchev–Trinajstić information content (AvgIpc) is 2.48. The van der Waals surface area contributed by atoms with Crippen molar-refractivity contribution < 1.29 is 9.13 Å². The van der Waals surface area contributed by atoms with Gasteiger partial charge in [-0.1, -0.05) is 25.1 Å². The lowest BCUT2D eigenvalue weighted by Crippen LogP contribution is -2.14. The Kier molecular flexibility index (Phi) is 5.34. The molecule has 3 heteroatoms. The maximum absolute atomic E-state index is 13.1. The Balaban J connectivity index is 2.10. The highest BCUT2D eigenvalue weighted by Crippen LogP contribution is 2.22. The zero-order valence-corrected chi connectivity index (χ0v) is 12.6. The van der Waals surface area contributed by atoms with Gasteiger partial charge in [0.1, 0.15) is 11.6 Å². The zero-order chi connectivity index (χ0) is 15.2. The van der Waals surface area contributed by atoms with E-state index in [2.05, 4.69) is 6.92 Å². The molecule has 0 spiro atoms. The molecule has 1 atom stereocenters. The normalized spacial score (nSPS) is 12.2. The van der Waals surface area contributed by atoms with Gasteiger partial charge in [-0.05, 0) is 60.7 Å². The van der Waals surface area contributed by atoms with Gasteiger partial charge < -0.3 is 10.5 Å². The van der Waals surface area contributed by atoms with Crippen molar-refractivity contribution in [3.8, 4) is 5.75 Å². The highest BCUT2D eigenvalue weighted by molar-refractivity contribution is 5.33. The average molecular weight is 287 g/mol. The van der Waals surface area contributed by atoms with Gasteiger partial charge in [-0.25, -0.2) is 4.39 Å². The standard InChI is InChI=1S/C18H22FNO/c1-3-9-21-17-6-4-5-15(11-17)18(20)12-14-7-8-16(19)10-13(14)2/h4-8,10-11,18H,3,9,12,20H2,1-2H3. The van der Waals surface area contributed by atoms with E-state index < -0.39 is 0 Å². The maximum atomic E-state index is 13.1. The van der Waals surface area contributed by atoms with Gasteiger partial charge in [-0.3, -0.25) is 0 Å². The van der Waals surface area contributed by atoms with E-state index in [-0.39, 0.29) is 11.9 Å². The molecule has 2 aromatic carbocycles. The molecule has 0 radical (unpaired) electrons. The van der Waals surface area contributed by atoms with E-state index in [4.69, 9.17) is 10.5 Å². The van der Waals surface area contributed by atoms with Gasteiger partial charge in [0.05, 0.1) is 6.61 Å². The molecule has 0 aliphatic heterocycles. The number of rotatable bonds is 6. The number of ether oxygens (including phenoxy) is 1. The van der Waals surface area contributed by atoms with Crippen LogP contribution in [0.1, 0.15) is 36.1 Å². The molecule has 0 amide bonds. The molecule has 0 bridgehead atoms. The van der Waals surface area contributed by atoms with Gasteiger partial charge in [0, 0.05) is 6.04 Å². The third-order valence-electron chi connectivity index (χ3n) is 3.50. The van der Waals surface area contributed by atoms with E-state index in [9.17, 15) is 4.39 Å². The van der Waals surface area contributed by atoms with E-state index in [1.54, 1.807) is 6.07 Å². The summed E-state index contributed by atoms with van der Waals surface area (Å²) in [4.78, 5) is 0. The van der Waals surface area contributed by atoms with Crippen molar-refractivity contribution in [1.82, 2.24) is 0 Å². The Labute approximate surface area is 125 Å². The van der Waals surface area contributed by atoms with Crippen LogP contribution in [0.15, 0.2) is 42.5 Å². The van der Waals surface area contributed by atoms with Crippen molar-refractivity contribution in [3.63, 3.8) is 0 Å². The highest BCUT2D eigenvalue weighted by Gasteiger charge is 2.10. The van der Waals surface area contributed by atoms with Crippen molar-refractivity contribution in [1.29, 1.82) is 0 Å². The van der Waals surface area contributed by atoms with Crippen LogP contribution in [-0.2, 0) is 6.42 Å². The Hall–Kier alpha value is -1.87. The molecule has 112 valence electrons. The number of nitrogens with two attached hydrogens (primary N) is 1. The van der Waals surface area contributed by atoms with Gasteiger partial charge in [0.15, 0.2) is 0 Å². The molecule has 2 aromatic rings. The predicted octanol–water partition coefficient (Wildman–Crippen LogP) is 4.17. The fourth-order valence-electron chi connectivity index (χ4n) is 2.30. The van der Waals surface area contributed by atoms with Gasteiger partial charge in [0.2, 0.25) is 0 Å². The summed E-state index contributed by atoms with van der Waals surface area (Å²) < 4.78 is 18.8. The van der Waals surface area contributed by atoms with Crippen molar-refractivity contribution in [2.24, 2.45) is 5.73 Å². The van der Waals surface area contributed by atoms with E-state index >= 15 is 0 Å². The smallest absolute Gasteiger partial charge is 0.123 e. The van der Waals surface area contributed by atoms with Crippen LogP contribution in [0, 0.1) is 12.7 Å². The highest BCUT2D eigenvalue weighted by atomic mass is 19.1. The van der Waals surface area contributed by atoms with Crippen molar-refractivity contribution in [2.75, 3.05) is 6.61 Å². The first kappa shape index (κ1) is 15.5. The Morgan fingerprint density at radius 1 is 1.19 bits per heavy atom. The molecule has 1 unspecified atom stereocenters. The van der Waals surface area contributed by atoms with Gasteiger partial charge >= 0.3 is 0 Å². The monoisotopic (exact) mass is 287 g/mol. The molecular weight excluding hydrogens is 265 g/mol. The second-order valence-corrected chi connectivity index (χ2v) is 5.30. The van der Waals surface area contributed by atoms with Crippen LogP contribution in [0.5, 0.6) is 5.75 Å². The fraction of sp³-hybridized carbons (Fsp3) is 0.333. The summed E-state index contributed by atoms with van der Waals surface area (Å²) in [6, 6.07) is 12.6. The molecule has 0 saturated heterocycles. The van der Waals surface area contributed by atoms with Crippen LogP contribution in [0.25, 0.3) is 0 Å². The summed E-state index contributed by atoms with van der Waals surface area (Å²) >= 11 is 0. The summed E-state index contributed by atoms with van der Waals surface area (Å²) in [7, 11) is 0. The van der Waals surface area contributed by atoms with Crippen LogP contribution in [0.4, 0.5) is 4.39 Å². The minimum absolute atomic E-state index is 0.126. The number of hydrogen-bond donors (Lipinski definition) is 1. The summed E-state index contributed by atoms with van der Waals surface area (Å²) in [6.07, 6.45) is 1.66. The Morgan fingerprint density at radius 3 is 2.71 bits per heavy atom. The minimum atomic E-state index is -0.209. The molecule has 2 rings (SSSR count). The lowest BCUT2D eigenvalue weighted by atomic mass is 9.96. The largest absolute Gasteiger partial charge is 0.494 e. The quantitative estimate of drug-likeness (QED) is 0.865. The van der Waals surface area contributed by atoms with Crippen LogP contribution < -0.4 is 10.5 Å². The van der Waals surface area contributed by atoms with E-state index in [1.165, 1.54) is 6.07 Å². The Bertz CT molecular complexity index is 598. The molecule has 0 aliphatic rings. The lowest BCUT2D eigenvalue weighted by molar-refractivity contribution is 0.317. The summed E-state index contributed by atoms with van der Waals surface area (Å²) in [6.45, 7) is 4.69. The molecule has 2 N–H and O–H groups in total. The number of hydrogen-bond acceptors (Lipinski definition) is 2. The number of benzene rings is 2. The molecule has 0 heterocycles. The van der Waals surface area contributed by atoms with E-state index in [1.807, 2.05) is 37.3 Å². The van der Waals surface area contributed by atoms with E-state index in [0.29, 0.717) is 13.0 Å². The number of aryl methyl sites for hydroxylation is 1. The van der Waals surface area contributed by atoms with Crippen molar-refractivity contribution in [2.45, 2.75) is 32.7 Å². The van der Waals surface area contributed by atoms with Crippen LogP contribution >= 0.6 is 0 Å². The SMILES string of the molecule is CCCOc1cccc(C(N)Cc2ccc(F)cc2C)c1. The third-order valence-corrected chi connectivity index (χ3v) is 3.50. The predicted molar refractivity (Wildman–Crippen MR) is 84.0 cm³/mol. The summed E-state index contributed by atoms with van der Waals surface area (Å²) in [5.41, 5.74) is 9.32. The third kappa shape index (κ3) is 4.30. The van der Waals surface area contributed by atoms with Crippen LogP contribution in [0.3, 0.4) is 0 Å². The van der Waals surface area contributed by atoms with E-state index in [0.717, 1.165) is 28.9 Å². The molecule has 0 aliphatic carbocycles. The van der Waals surface area contributed by atoms with Crippen LogP contribution in [0.2, 0.25) is 0 Å². The second-order valence-electron chi connectivity index (χ2n) is 5.30. The molecular formula is C18H22FNO. The summed E-state index contributed by atoms with van der Waals surface area (Å²) in [5.74, 6) is 0.639. The summed E-state index contributed by atoms with van der Waals surface area (Å²) in [5, 5.41) is 0. The molecule has 0 fully saturated rings. The molecule has 2 nitrogen and oxygen atoms in total. The van der Waals surface area contributed by atoms with Gasteiger partial charge in [-0.15, -0.1) is 0 Å². The molecule has 0 saturated carbocycles. The molecule has 21 heavy (non-hydrogen) atoms. The number of halogens is 1. The lowest BCUT2D eigenvalue weighted by Gasteiger charge is -2.15. The zero-order valence-electron chi connectivity index (χ0n) is 12.6. The maximum Gasteiger partial charge on any atom is 0.123 e. The Morgan fingerprint density at radius 2 is 2.00 bits per heavy atom. The first-order valence-electron chi connectivity index (χ1n) is 7.33. The fourth-order valence-corrected chi connectivity index (χ4v) is 2.30. The van der Waals surface area contributed by atoms with Crippen LogP contribution in [-0.4, -0.2) is 6.61 Å². The topological polar surface area (TPSA) is 35.2 Å². The first-order valence-corrected chi connectivity index (χ1v) is 7.33. The second kappa shape index (κ2) is 7.23. The van der Waals surface area contributed by atoms with Crippen molar-refractivity contribution >= 4 is 0 Å².